The molecule has 0 N–H and O–H groups in total. The number of carbonyl (C=O) groups excluding carboxylic acids is 1. The highest BCUT2D eigenvalue weighted by Crippen LogP contribution is 2.23. The van der Waals surface area contributed by atoms with Gasteiger partial charge in [-0.25, -0.2) is 4.39 Å². The van der Waals surface area contributed by atoms with Crippen molar-refractivity contribution in [2.75, 3.05) is 36.8 Å². The van der Waals surface area contributed by atoms with Crippen molar-refractivity contribution in [2.24, 2.45) is 0 Å². The van der Waals surface area contributed by atoms with Gasteiger partial charge < -0.3 is 9.80 Å². The lowest BCUT2D eigenvalue weighted by Gasteiger charge is -2.37. The molecule has 1 aliphatic rings. The average molecular weight is 387 g/mol. The zero-order valence-electron chi connectivity index (χ0n) is 16.1. The van der Waals surface area contributed by atoms with Crippen molar-refractivity contribution >= 4 is 23.4 Å². The molecule has 2 aromatic rings. The van der Waals surface area contributed by atoms with Gasteiger partial charge in [-0.05, 0) is 42.7 Å². The fourth-order valence-corrected chi connectivity index (χ4v) is 4.29. The number of benzene rings is 2. The summed E-state index contributed by atoms with van der Waals surface area (Å²) >= 11 is 1.62. The Labute approximate surface area is 165 Å². The number of anilines is 1. The molecule has 5 heteroatoms. The summed E-state index contributed by atoms with van der Waals surface area (Å²) in [4.78, 5) is 16.8. The fraction of sp³-hybridized carbons (Fsp3) is 0.409. The van der Waals surface area contributed by atoms with Gasteiger partial charge >= 0.3 is 0 Å². The van der Waals surface area contributed by atoms with Crippen molar-refractivity contribution in [3.05, 3.63) is 65.0 Å². The smallest absolute Gasteiger partial charge is 0.223 e. The van der Waals surface area contributed by atoms with Crippen molar-refractivity contribution in [1.82, 2.24) is 4.90 Å². The minimum Gasteiger partial charge on any atom is -0.368 e. The molecule has 0 unspecified atom stereocenters. The Morgan fingerprint density at radius 2 is 1.81 bits per heavy atom. The maximum absolute atomic E-state index is 13.6. The number of piperazine rings is 1. The standard InChI is InChI=1S/C22H27FN2OS/c1-17-7-8-18(2)21(15-17)24-10-12-25(13-11-24)22(26)9-14-27-16-19-5-3-4-6-20(19)23/h3-8,15H,9-14,16H2,1-2H3. The maximum Gasteiger partial charge on any atom is 0.223 e. The highest BCUT2D eigenvalue weighted by molar-refractivity contribution is 7.98. The molecule has 0 spiro atoms. The Morgan fingerprint density at radius 3 is 2.56 bits per heavy atom. The van der Waals surface area contributed by atoms with Gasteiger partial charge in [0.05, 0.1) is 0 Å². The highest BCUT2D eigenvalue weighted by atomic mass is 32.2. The molecule has 0 saturated carbocycles. The van der Waals surface area contributed by atoms with E-state index in [9.17, 15) is 9.18 Å². The number of rotatable bonds is 6. The summed E-state index contributed by atoms with van der Waals surface area (Å²) in [6.45, 7) is 7.53. The summed E-state index contributed by atoms with van der Waals surface area (Å²) in [5.41, 5.74) is 4.53. The summed E-state index contributed by atoms with van der Waals surface area (Å²) in [5, 5.41) is 0. The van der Waals surface area contributed by atoms with Crippen LogP contribution in [0.1, 0.15) is 23.1 Å². The van der Waals surface area contributed by atoms with E-state index in [4.69, 9.17) is 0 Å². The van der Waals surface area contributed by atoms with Crippen LogP contribution in [0.3, 0.4) is 0 Å². The predicted molar refractivity (Wildman–Crippen MR) is 112 cm³/mol. The van der Waals surface area contributed by atoms with Gasteiger partial charge in [0.1, 0.15) is 5.82 Å². The molecule has 1 amide bonds. The summed E-state index contributed by atoms with van der Waals surface area (Å²) < 4.78 is 13.6. The van der Waals surface area contributed by atoms with Crippen molar-refractivity contribution in [2.45, 2.75) is 26.0 Å². The van der Waals surface area contributed by atoms with Crippen molar-refractivity contribution in [3.8, 4) is 0 Å². The van der Waals surface area contributed by atoms with Crippen LogP contribution in [-0.2, 0) is 10.5 Å². The maximum atomic E-state index is 13.6. The average Bonchev–Trinajstić information content (AvgIpc) is 2.68. The third-order valence-electron chi connectivity index (χ3n) is 5.01. The predicted octanol–water partition coefficient (Wildman–Crippen LogP) is 4.41. The second-order valence-electron chi connectivity index (χ2n) is 7.05. The van der Waals surface area contributed by atoms with Gasteiger partial charge in [0.25, 0.3) is 0 Å². The topological polar surface area (TPSA) is 23.6 Å². The van der Waals surface area contributed by atoms with Gasteiger partial charge in [0, 0.05) is 49.8 Å². The molecule has 3 nitrogen and oxygen atoms in total. The van der Waals surface area contributed by atoms with E-state index in [0.29, 0.717) is 17.7 Å². The Morgan fingerprint density at radius 1 is 1.07 bits per heavy atom. The fourth-order valence-electron chi connectivity index (χ4n) is 3.37. The van der Waals surface area contributed by atoms with E-state index in [1.165, 1.54) is 22.9 Å². The Balaban J connectivity index is 1.42. The number of amides is 1. The molecule has 0 bridgehead atoms. The quantitative estimate of drug-likeness (QED) is 0.687. The lowest BCUT2D eigenvalue weighted by atomic mass is 10.1. The van der Waals surface area contributed by atoms with Crippen LogP contribution in [0.15, 0.2) is 42.5 Å². The largest absolute Gasteiger partial charge is 0.368 e. The van der Waals surface area contributed by atoms with Gasteiger partial charge in [-0.15, -0.1) is 0 Å². The first-order chi connectivity index (χ1) is 13.0. The SMILES string of the molecule is Cc1ccc(C)c(N2CCN(C(=O)CCSCc3ccccc3F)CC2)c1. The van der Waals surface area contributed by atoms with Crippen LogP contribution in [0, 0.1) is 19.7 Å². The molecule has 0 aromatic heterocycles. The number of nitrogens with zero attached hydrogens (tertiary/aromatic N) is 2. The minimum absolute atomic E-state index is 0.168. The Kier molecular flexibility index (Phi) is 6.78. The summed E-state index contributed by atoms with van der Waals surface area (Å²) in [7, 11) is 0. The first-order valence-corrected chi connectivity index (χ1v) is 10.6. The molecule has 1 aliphatic heterocycles. The Hall–Kier alpha value is -2.01. The Bertz CT molecular complexity index is 788. The van der Waals surface area contributed by atoms with Crippen LogP contribution < -0.4 is 4.90 Å². The second kappa shape index (κ2) is 9.27. The number of hydrogen-bond donors (Lipinski definition) is 0. The molecule has 0 radical (unpaired) electrons. The molecule has 1 fully saturated rings. The van der Waals surface area contributed by atoms with Crippen LogP contribution >= 0.6 is 11.8 Å². The van der Waals surface area contributed by atoms with Crippen LogP contribution in [0.25, 0.3) is 0 Å². The third-order valence-corrected chi connectivity index (χ3v) is 6.02. The summed E-state index contributed by atoms with van der Waals surface area (Å²) in [6.07, 6.45) is 0.516. The van der Waals surface area contributed by atoms with Crippen LogP contribution in [0.4, 0.5) is 10.1 Å². The number of thioether (sulfide) groups is 1. The lowest BCUT2D eigenvalue weighted by molar-refractivity contribution is -0.131. The molecule has 144 valence electrons. The van der Waals surface area contributed by atoms with Gasteiger partial charge in [-0.2, -0.15) is 11.8 Å². The first-order valence-electron chi connectivity index (χ1n) is 9.46. The van der Waals surface area contributed by atoms with E-state index in [1.807, 2.05) is 11.0 Å². The van der Waals surface area contributed by atoms with Crippen molar-refractivity contribution in [3.63, 3.8) is 0 Å². The van der Waals surface area contributed by atoms with E-state index in [2.05, 4.69) is 36.9 Å². The van der Waals surface area contributed by atoms with E-state index < -0.39 is 0 Å². The molecule has 27 heavy (non-hydrogen) atoms. The molecule has 0 aliphatic carbocycles. The van der Waals surface area contributed by atoms with Gasteiger partial charge in [0.15, 0.2) is 0 Å². The van der Waals surface area contributed by atoms with E-state index in [1.54, 1.807) is 23.9 Å². The number of halogens is 1. The monoisotopic (exact) mass is 386 g/mol. The zero-order valence-corrected chi connectivity index (χ0v) is 16.9. The first kappa shape index (κ1) is 19.7. The second-order valence-corrected chi connectivity index (χ2v) is 8.16. The zero-order chi connectivity index (χ0) is 19.2. The van der Waals surface area contributed by atoms with E-state index in [0.717, 1.165) is 31.9 Å². The highest BCUT2D eigenvalue weighted by Gasteiger charge is 2.21. The van der Waals surface area contributed by atoms with Crippen LogP contribution in [0.5, 0.6) is 0 Å². The molecule has 0 atom stereocenters. The molecule has 1 saturated heterocycles. The van der Waals surface area contributed by atoms with Crippen molar-refractivity contribution < 1.29 is 9.18 Å². The van der Waals surface area contributed by atoms with Gasteiger partial charge in [-0.3, -0.25) is 4.79 Å². The number of carbonyl (C=O) groups is 1. The van der Waals surface area contributed by atoms with E-state index >= 15 is 0 Å². The van der Waals surface area contributed by atoms with Gasteiger partial charge in [0.2, 0.25) is 5.91 Å². The molecule has 1 heterocycles. The summed E-state index contributed by atoms with van der Waals surface area (Å²) in [5.74, 6) is 1.38. The van der Waals surface area contributed by atoms with E-state index in [-0.39, 0.29) is 11.7 Å². The van der Waals surface area contributed by atoms with Crippen LogP contribution in [0.2, 0.25) is 0 Å². The third kappa shape index (κ3) is 5.25. The minimum atomic E-state index is -0.168. The number of aryl methyl sites for hydroxylation is 2. The molecule has 2 aromatic carbocycles. The normalized spacial score (nSPS) is 14.5. The molecular weight excluding hydrogens is 359 g/mol. The number of hydrogen-bond acceptors (Lipinski definition) is 3. The summed E-state index contributed by atoms with van der Waals surface area (Å²) in [6, 6.07) is 13.4. The van der Waals surface area contributed by atoms with Crippen molar-refractivity contribution in [1.29, 1.82) is 0 Å². The lowest BCUT2D eigenvalue weighted by Crippen LogP contribution is -2.49. The molecular formula is C22H27FN2OS. The van der Waals surface area contributed by atoms with Crippen LogP contribution in [-0.4, -0.2) is 42.7 Å². The molecule has 3 rings (SSSR count). The van der Waals surface area contributed by atoms with Gasteiger partial charge in [-0.1, -0.05) is 30.3 Å².